The van der Waals surface area contributed by atoms with E-state index in [1.165, 1.54) is 6.42 Å². The lowest BCUT2D eigenvalue weighted by Gasteiger charge is -2.26. The summed E-state index contributed by atoms with van der Waals surface area (Å²) in [5, 5.41) is 19.9. The van der Waals surface area contributed by atoms with E-state index < -0.39 is 11.7 Å². The van der Waals surface area contributed by atoms with Crippen molar-refractivity contribution in [2.45, 2.75) is 31.5 Å². The molecule has 3 aliphatic rings. The van der Waals surface area contributed by atoms with E-state index in [9.17, 15) is 10.2 Å². The fourth-order valence-corrected chi connectivity index (χ4v) is 3.73. The number of hydrogen-bond donors (Lipinski definition) is 2. The fourth-order valence-electron chi connectivity index (χ4n) is 3.73. The molecule has 2 N–H and O–H groups in total. The van der Waals surface area contributed by atoms with Crippen LogP contribution in [0.15, 0.2) is 12.2 Å². The zero-order valence-corrected chi connectivity index (χ0v) is 7.85. The molecule has 0 amide bonds. The van der Waals surface area contributed by atoms with Gasteiger partial charge in [0.15, 0.2) is 0 Å². The minimum Gasteiger partial charge on any atom is -0.390 e. The molecule has 0 aromatic rings. The minimum absolute atomic E-state index is 0.338. The van der Waals surface area contributed by atoms with Crippen LogP contribution in [-0.2, 0) is 0 Å². The van der Waals surface area contributed by atoms with Gasteiger partial charge in [0.1, 0.15) is 0 Å². The average Bonchev–Trinajstić information content (AvgIpc) is 2.65. The van der Waals surface area contributed by atoms with Crippen LogP contribution < -0.4 is 0 Å². The van der Waals surface area contributed by atoms with Crippen LogP contribution in [0.5, 0.6) is 0 Å². The van der Waals surface area contributed by atoms with Gasteiger partial charge in [-0.25, -0.2) is 0 Å². The van der Waals surface area contributed by atoms with Crippen LogP contribution in [0.4, 0.5) is 0 Å². The van der Waals surface area contributed by atoms with Gasteiger partial charge in [-0.15, -0.1) is 0 Å². The first-order valence-electron chi connectivity index (χ1n) is 5.18. The largest absolute Gasteiger partial charge is 0.390 e. The van der Waals surface area contributed by atoms with Crippen LogP contribution >= 0.6 is 0 Å². The lowest BCUT2D eigenvalue weighted by atomic mass is 9.85. The normalized spacial score (nSPS) is 63.2. The Balaban J connectivity index is 1.96. The number of rotatable bonds is 0. The van der Waals surface area contributed by atoms with E-state index in [2.05, 4.69) is 12.2 Å². The third-order valence-electron chi connectivity index (χ3n) is 4.34. The molecule has 0 aromatic heterocycles. The van der Waals surface area contributed by atoms with Crippen LogP contribution in [-0.4, -0.2) is 21.9 Å². The van der Waals surface area contributed by atoms with Crippen LogP contribution in [0.3, 0.4) is 0 Å². The number of aliphatic hydroxyl groups is 2. The second-order valence-electron chi connectivity index (χ2n) is 5.20. The summed E-state index contributed by atoms with van der Waals surface area (Å²) in [6.07, 6.45) is 6.00. The maximum Gasteiger partial charge on any atom is 0.0883 e. The molecule has 13 heavy (non-hydrogen) atoms. The van der Waals surface area contributed by atoms with Crippen molar-refractivity contribution in [1.29, 1.82) is 0 Å². The summed E-state index contributed by atoms with van der Waals surface area (Å²) >= 11 is 0. The Morgan fingerprint density at radius 2 is 2.00 bits per heavy atom. The molecule has 0 saturated heterocycles. The first-order valence-corrected chi connectivity index (χ1v) is 5.18. The van der Waals surface area contributed by atoms with Gasteiger partial charge in [-0.2, -0.15) is 0 Å². The standard InChI is InChI=1S/C11H16O2/c1-11(13)5-8-6-2-3-7(4-6)9(8)10(11)12/h2-3,6-10,12-13H,4-5H2,1H3/t6-,7+,8+,9-,10-,11-/m0/s1. The van der Waals surface area contributed by atoms with E-state index in [1.54, 1.807) is 6.92 Å². The van der Waals surface area contributed by atoms with E-state index in [-0.39, 0.29) is 0 Å². The van der Waals surface area contributed by atoms with Crippen LogP contribution in [0.2, 0.25) is 0 Å². The summed E-state index contributed by atoms with van der Waals surface area (Å²) < 4.78 is 0. The molecule has 72 valence electrons. The molecule has 2 bridgehead atoms. The molecule has 0 aliphatic heterocycles. The van der Waals surface area contributed by atoms with E-state index in [0.717, 1.165) is 6.42 Å². The van der Waals surface area contributed by atoms with Crippen molar-refractivity contribution in [3.63, 3.8) is 0 Å². The van der Waals surface area contributed by atoms with E-state index >= 15 is 0 Å². The Kier molecular flexibility index (Phi) is 1.34. The maximum atomic E-state index is 9.97. The minimum atomic E-state index is -0.835. The monoisotopic (exact) mass is 180 g/mol. The number of allylic oxidation sites excluding steroid dienone is 2. The first-order chi connectivity index (χ1) is 6.09. The molecule has 0 unspecified atom stereocenters. The fraction of sp³-hybridized carbons (Fsp3) is 0.818. The Morgan fingerprint density at radius 1 is 1.31 bits per heavy atom. The van der Waals surface area contributed by atoms with Gasteiger partial charge in [-0.3, -0.25) is 0 Å². The molecule has 3 rings (SSSR count). The van der Waals surface area contributed by atoms with Crippen LogP contribution in [0.25, 0.3) is 0 Å². The highest BCUT2D eigenvalue weighted by atomic mass is 16.3. The topological polar surface area (TPSA) is 40.5 Å². The molecular formula is C11H16O2. The summed E-state index contributed by atoms with van der Waals surface area (Å²) in [7, 11) is 0. The highest BCUT2D eigenvalue weighted by molar-refractivity contribution is 5.20. The van der Waals surface area contributed by atoms with Crippen molar-refractivity contribution >= 4 is 0 Å². The summed E-state index contributed by atoms with van der Waals surface area (Å²) in [4.78, 5) is 0. The zero-order valence-electron chi connectivity index (χ0n) is 7.85. The lowest BCUT2D eigenvalue weighted by Crippen LogP contribution is -2.38. The molecular weight excluding hydrogens is 164 g/mol. The van der Waals surface area contributed by atoms with Crippen LogP contribution in [0, 0.1) is 23.7 Å². The van der Waals surface area contributed by atoms with Gasteiger partial charge in [0, 0.05) is 0 Å². The molecule has 0 aromatic carbocycles. The molecule has 0 spiro atoms. The first kappa shape index (κ1) is 8.01. The Labute approximate surface area is 78.3 Å². The SMILES string of the molecule is C[C@]1(O)C[C@H]2[C@H]([C@@H]3C=C[C@H]2C3)[C@@H]1O. The number of hydrogen-bond acceptors (Lipinski definition) is 2. The number of aliphatic hydroxyl groups excluding tert-OH is 1. The number of fused-ring (bicyclic) bond motifs is 5. The smallest absolute Gasteiger partial charge is 0.0883 e. The summed E-state index contributed by atoms with van der Waals surface area (Å²) in [6.45, 7) is 1.77. The summed E-state index contributed by atoms with van der Waals surface area (Å²) in [5.74, 6) is 2.06. The van der Waals surface area contributed by atoms with Gasteiger partial charge < -0.3 is 10.2 Å². The molecule has 2 saturated carbocycles. The predicted octanol–water partition coefficient (Wildman–Crippen LogP) is 0.940. The lowest BCUT2D eigenvalue weighted by molar-refractivity contribution is -0.0589. The van der Waals surface area contributed by atoms with Crippen molar-refractivity contribution < 1.29 is 10.2 Å². The highest BCUT2D eigenvalue weighted by Gasteiger charge is 2.58. The second kappa shape index (κ2) is 2.18. The van der Waals surface area contributed by atoms with Gasteiger partial charge in [-0.05, 0) is 43.4 Å². The molecule has 0 heterocycles. The van der Waals surface area contributed by atoms with Gasteiger partial charge in [0.2, 0.25) is 0 Å². The molecule has 3 aliphatic carbocycles. The average molecular weight is 180 g/mol. The van der Waals surface area contributed by atoms with E-state index in [4.69, 9.17) is 0 Å². The molecule has 2 nitrogen and oxygen atoms in total. The van der Waals surface area contributed by atoms with Gasteiger partial charge in [-0.1, -0.05) is 12.2 Å². The van der Waals surface area contributed by atoms with E-state index in [0.29, 0.717) is 23.7 Å². The third kappa shape index (κ3) is 0.856. The van der Waals surface area contributed by atoms with Crippen molar-refractivity contribution in [3.05, 3.63) is 12.2 Å². The van der Waals surface area contributed by atoms with Crippen molar-refractivity contribution in [1.82, 2.24) is 0 Å². The van der Waals surface area contributed by atoms with Gasteiger partial charge in [0.05, 0.1) is 11.7 Å². The predicted molar refractivity (Wildman–Crippen MR) is 49.0 cm³/mol. The molecule has 2 heteroatoms. The van der Waals surface area contributed by atoms with Crippen LogP contribution in [0.1, 0.15) is 19.8 Å². The summed E-state index contributed by atoms with van der Waals surface area (Å²) in [5.41, 5.74) is -0.835. The van der Waals surface area contributed by atoms with Gasteiger partial charge in [0.25, 0.3) is 0 Å². The molecule has 6 atom stereocenters. The van der Waals surface area contributed by atoms with Crippen molar-refractivity contribution in [3.8, 4) is 0 Å². The van der Waals surface area contributed by atoms with E-state index in [1.807, 2.05) is 0 Å². The van der Waals surface area contributed by atoms with Crippen molar-refractivity contribution in [2.75, 3.05) is 0 Å². The molecule has 0 radical (unpaired) electrons. The summed E-state index contributed by atoms with van der Waals surface area (Å²) in [6, 6.07) is 0. The quantitative estimate of drug-likeness (QED) is 0.545. The third-order valence-corrected chi connectivity index (χ3v) is 4.34. The molecule has 2 fully saturated rings. The Hall–Kier alpha value is -0.340. The zero-order chi connectivity index (χ0) is 9.22. The highest BCUT2D eigenvalue weighted by Crippen LogP contribution is 2.57. The Morgan fingerprint density at radius 3 is 2.69 bits per heavy atom. The Bertz CT molecular complexity index is 269. The maximum absolute atomic E-state index is 9.97. The van der Waals surface area contributed by atoms with Crippen molar-refractivity contribution in [2.24, 2.45) is 23.7 Å². The van der Waals surface area contributed by atoms with Gasteiger partial charge >= 0.3 is 0 Å². The second-order valence-corrected chi connectivity index (χ2v) is 5.20.